The van der Waals surface area contributed by atoms with Gasteiger partial charge in [0, 0.05) is 58.1 Å². The van der Waals surface area contributed by atoms with Crippen LogP contribution in [-0.4, -0.2) is 56.1 Å². The highest BCUT2D eigenvalue weighted by Crippen LogP contribution is 2.22. The zero-order valence-electron chi connectivity index (χ0n) is 11.5. The molecule has 0 unspecified atom stereocenters. The molecule has 1 N–H and O–H groups in total. The Morgan fingerprint density at radius 1 is 1.40 bits per heavy atom. The number of halogens is 1. The van der Waals surface area contributed by atoms with E-state index >= 15 is 0 Å². The van der Waals surface area contributed by atoms with E-state index in [9.17, 15) is 14.5 Å². The molecule has 0 spiro atoms. The van der Waals surface area contributed by atoms with E-state index in [4.69, 9.17) is 0 Å². The standard InChI is InChI=1S/C13H19FN4O2/c1-16(6-7-17-4-2-15-3-5-17)12-8-11(14)9-13(10-12)18(19)20/h8-10,15H,2-7H2,1H3. The molecule has 110 valence electrons. The van der Waals surface area contributed by atoms with E-state index in [1.807, 2.05) is 11.9 Å². The van der Waals surface area contributed by atoms with Crippen molar-refractivity contribution in [2.75, 3.05) is 51.2 Å². The summed E-state index contributed by atoms with van der Waals surface area (Å²) in [5.41, 5.74) is 0.320. The maximum Gasteiger partial charge on any atom is 0.274 e. The Balaban J connectivity index is 1.97. The molecular weight excluding hydrogens is 263 g/mol. The SMILES string of the molecule is CN(CCN1CCNCC1)c1cc(F)cc([N+](=O)[O-])c1. The Labute approximate surface area is 117 Å². The number of piperazine rings is 1. The van der Waals surface area contributed by atoms with E-state index in [0.29, 0.717) is 12.2 Å². The molecule has 0 amide bonds. The molecule has 1 saturated heterocycles. The summed E-state index contributed by atoms with van der Waals surface area (Å²) in [6.45, 7) is 5.53. The fourth-order valence-corrected chi connectivity index (χ4v) is 2.24. The highest BCUT2D eigenvalue weighted by atomic mass is 19.1. The number of rotatable bonds is 5. The number of hydrogen-bond acceptors (Lipinski definition) is 5. The molecule has 1 fully saturated rings. The second-order valence-electron chi connectivity index (χ2n) is 4.94. The van der Waals surface area contributed by atoms with Crippen molar-refractivity contribution in [3.05, 3.63) is 34.1 Å². The summed E-state index contributed by atoms with van der Waals surface area (Å²) in [7, 11) is 1.82. The van der Waals surface area contributed by atoms with Crippen molar-refractivity contribution in [3.63, 3.8) is 0 Å². The van der Waals surface area contributed by atoms with Crippen molar-refractivity contribution in [1.29, 1.82) is 0 Å². The first-order valence-electron chi connectivity index (χ1n) is 6.65. The van der Waals surface area contributed by atoms with Gasteiger partial charge >= 0.3 is 0 Å². The highest BCUT2D eigenvalue weighted by Gasteiger charge is 2.14. The minimum atomic E-state index is -0.580. The molecule has 7 heteroatoms. The number of benzene rings is 1. The van der Waals surface area contributed by atoms with Gasteiger partial charge in [0.15, 0.2) is 0 Å². The van der Waals surface area contributed by atoms with Gasteiger partial charge in [0.2, 0.25) is 0 Å². The second-order valence-corrected chi connectivity index (χ2v) is 4.94. The van der Waals surface area contributed by atoms with Gasteiger partial charge in [-0.25, -0.2) is 4.39 Å². The monoisotopic (exact) mass is 282 g/mol. The fraction of sp³-hybridized carbons (Fsp3) is 0.538. The topological polar surface area (TPSA) is 61.6 Å². The smallest absolute Gasteiger partial charge is 0.274 e. The normalized spacial score (nSPS) is 16.1. The minimum Gasteiger partial charge on any atom is -0.373 e. The Hall–Kier alpha value is -1.73. The van der Waals surface area contributed by atoms with Crippen LogP contribution >= 0.6 is 0 Å². The molecule has 6 nitrogen and oxygen atoms in total. The molecule has 0 aromatic heterocycles. The maximum absolute atomic E-state index is 13.4. The first kappa shape index (κ1) is 14.7. The molecule has 0 atom stereocenters. The Kier molecular flexibility index (Phi) is 4.86. The summed E-state index contributed by atoms with van der Waals surface area (Å²) >= 11 is 0. The number of nitro groups is 1. The van der Waals surface area contributed by atoms with Gasteiger partial charge in [0.05, 0.1) is 11.0 Å². The van der Waals surface area contributed by atoms with Crippen molar-refractivity contribution in [1.82, 2.24) is 10.2 Å². The lowest BCUT2D eigenvalue weighted by atomic mass is 10.2. The van der Waals surface area contributed by atoms with Gasteiger partial charge < -0.3 is 10.2 Å². The lowest BCUT2D eigenvalue weighted by Crippen LogP contribution is -2.46. The molecule has 0 radical (unpaired) electrons. The average Bonchev–Trinajstić information content (AvgIpc) is 2.45. The van der Waals surface area contributed by atoms with Crippen LogP contribution in [0.25, 0.3) is 0 Å². The van der Waals surface area contributed by atoms with E-state index in [2.05, 4.69) is 10.2 Å². The molecule has 2 rings (SSSR count). The van der Waals surface area contributed by atoms with Crippen molar-refractivity contribution in [2.45, 2.75) is 0 Å². The van der Waals surface area contributed by atoms with E-state index in [1.165, 1.54) is 12.1 Å². The van der Waals surface area contributed by atoms with E-state index in [1.54, 1.807) is 0 Å². The van der Waals surface area contributed by atoms with Crippen molar-refractivity contribution >= 4 is 11.4 Å². The number of nitrogens with one attached hydrogen (secondary N) is 1. The number of nitro benzene ring substituents is 1. The van der Waals surface area contributed by atoms with Crippen LogP contribution < -0.4 is 10.2 Å². The van der Waals surface area contributed by atoms with Crippen LogP contribution in [0, 0.1) is 15.9 Å². The predicted octanol–water partition coefficient (Wildman–Crippen LogP) is 1.08. The molecule has 20 heavy (non-hydrogen) atoms. The first-order valence-corrected chi connectivity index (χ1v) is 6.65. The number of likely N-dealkylation sites (N-methyl/N-ethyl adjacent to an activating group) is 1. The van der Waals surface area contributed by atoms with Crippen LogP contribution in [0.5, 0.6) is 0 Å². The Morgan fingerprint density at radius 3 is 2.75 bits per heavy atom. The van der Waals surface area contributed by atoms with Crippen molar-refractivity contribution in [2.24, 2.45) is 0 Å². The van der Waals surface area contributed by atoms with E-state index in [0.717, 1.165) is 38.8 Å². The molecule has 1 heterocycles. The first-order chi connectivity index (χ1) is 9.56. The van der Waals surface area contributed by atoms with Crippen LogP contribution in [0.15, 0.2) is 18.2 Å². The minimum absolute atomic E-state index is 0.214. The van der Waals surface area contributed by atoms with Gasteiger partial charge in [0.1, 0.15) is 5.82 Å². The quantitative estimate of drug-likeness (QED) is 0.646. The van der Waals surface area contributed by atoms with Gasteiger partial charge in [-0.1, -0.05) is 0 Å². The summed E-state index contributed by atoms with van der Waals surface area (Å²) in [4.78, 5) is 14.3. The van der Waals surface area contributed by atoms with E-state index in [-0.39, 0.29) is 5.69 Å². The van der Waals surface area contributed by atoms with Gasteiger partial charge in [-0.2, -0.15) is 0 Å². The molecule has 1 aliphatic rings. The van der Waals surface area contributed by atoms with Crippen molar-refractivity contribution in [3.8, 4) is 0 Å². The third-order valence-corrected chi connectivity index (χ3v) is 3.48. The third-order valence-electron chi connectivity index (χ3n) is 3.48. The fourth-order valence-electron chi connectivity index (χ4n) is 2.24. The number of anilines is 1. The van der Waals surface area contributed by atoms with Crippen LogP contribution in [0.2, 0.25) is 0 Å². The van der Waals surface area contributed by atoms with Gasteiger partial charge in [0.25, 0.3) is 5.69 Å². The summed E-state index contributed by atoms with van der Waals surface area (Å²) < 4.78 is 13.4. The van der Waals surface area contributed by atoms with Gasteiger partial charge in [-0.05, 0) is 6.07 Å². The van der Waals surface area contributed by atoms with Gasteiger partial charge in [-0.3, -0.25) is 15.0 Å². The summed E-state index contributed by atoms with van der Waals surface area (Å²) in [5.74, 6) is -0.580. The second kappa shape index (κ2) is 6.62. The Morgan fingerprint density at radius 2 is 2.10 bits per heavy atom. The maximum atomic E-state index is 13.4. The Bertz CT molecular complexity index is 477. The van der Waals surface area contributed by atoms with Crippen LogP contribution in [0.3, 0.4) is 0 Å². The summed E-state index contributed by atoms with van der Waals surface area (Å²) in [6.07, 6.45) is 0. The molecule has 1 aromatic carbocycles. The third kappa shape index (κ3) is 3.88. The zero-order chi connectivity index (χ0) is 14.5. The number of nitrogens with zero attached hydrogens (tertiary/aromatic N) is 3. The summed E-state index contributed by atoms with van der Waals surface area (Å²) in [5, 5.41) is 14.0. The highest BCUT2D eigenvalue weighted by molar-refractivity contribution is 5.53. The molecule has 0 aliphatic carbocycles. The molecule has 1 aromatic rings. The lowest BCUT2D eigenvalue weighted by molar-refractivity contribution is -0.385. The molecule has 1 aliphatic heterocycles. The van der Waals surface area contributed by atoms with Gasteiger partial charge in [-0.15, -0.1) is 0 Å². The largest absolute Gasteiger partial charge is 0.373 e. The average molecular weight is 282 g/mol. The number of hydrogen-bond donors (Lipinski definition) is 1. The number of non-ortho nitro benzene ring substituents is 1. The predicted molar refractivity (Wildman–Crippen MR) is 75.6 cm³/mol. The lowest BCUT2D eigenvalue weighted by Gasteiger charge is -2.29. The van der Waals surface area contributed by atoms with Crippen LogP contribution in [0.4, 0.5) is 15.8 Å². The van der Waals surface area contributed by atoms with Crippen molar-refractivity contribution < 1.29 is 9.31 Å². The van der Waals surface area contributed by atoms with E-state index < -0.39 is 10.7 Å². The zero-order valence-corrected chi connectivity index (χ0v) is 11.5. The van der Waals surface area contributed by atoms with Crippen LogP contribution in [-0.2, 0) is 0 Å². The summed E-state index contributed by atoms with van der Waals surface area (Å²) in [6, 6.07) is 3.67. The molecule has 0 saturated carbocycles. The molecular formula is C13H19FN4O2. The van der Waals surface area contributed by atoms with Crippen LogP contribution in [0.1, 0.15) is 0 Å². The molecule has 0 bridgehead atoms.